The molecule has 0 spiro atoms. The Bertz CT molecular complexity index is 1340. The van der Waals surface area contributed by atoms with E-state index in [1.807, 2.05) is 42.8 Å². The maximum Gasteiger partial charge on any atom is 0.346 e. The third kappa shape index (κ3) is 3.62. The minimum absolute atomic E-state index is 0.00103. The summed E-state index contributed by atoms with van der Waals surface area (Å²) in [5.74, 6) is -0.994. The summed E-state index contributed by atoms with van der Waals surface area (Å²) >= 11 is 0. The van der Waals surface area contributed by atoms with Crippen LogP contribution in [0.2, 0.25) is 0 Å². The van der Waals surface area contributed by atoms with E-state index in [2.05, 4.69) is 20.5 Å². The van der Waals surface area contributed by atoms with E-state index in [0.29, 0.717) is 5.56 Å². The van der Waals surface area contributed by atoms with Gasteiger partial charge >= 0.3 is 5.69 Å². The van der Waals surface area contributed by atoms with Gasteiger partial charge in [0.05, 0.1) is 11.9 Å². The smallest absolute Gasteiger partial charge is 0.346 e. The molecule has 30 heavy (non-hydrogen) atoms. The highest BCUT2D eigenvalue weighted by Gasteiger charge is 2.12. The average molecular weight is 403 g/mol. The molecule has 0 aliphatic carbocycles. The lowest BCUT2D eigenvalue weighted by atomic mass is 10.1. The Morgan fingerprint density at radius 2 is 1.93 bits per heavy atom. The molecule has 0 saturated carbocycles. The van der Waals surface area contributed by atoms with Crippen molar-refractivity contribution in [1.29, 1.82) is 0 Å². The van der Waals surface area contributed by atoms with E-state index in [1.165, 1.54) is 30.3 Å². The summed E-state index contributed by atoms with van der Waals surface area (Å²) in [5.41, 5.74) is 5.48. The number of fused-ring (bicyclic) bond motifs is 1. The second-order valence-electron chi connectivity index (χ2n) is 6.77. The number of benzene rings is 2. The summed E-state index contributed by atoms with van der Waals surface area (Å²) in [6, 6.07) is 14.8. The van der Waals surface area contributed by atoms with Gasteiger partial charge in [0.25, 0.3) is 5.91 Å². The Hall–Kier alpha value is -4.07. The molecule has 2 aromatic heterocycles. The predicted octanol–water partition coefficient (Wildman–Crippen LogP) is 3.14. The summed E-state index contributed by atoms with van der Waals surface area (Å²) in [6.07, 6.45) is 1.58. The zero-order chi connectivity index (χ0) is 21.3. The fourth-order valence-corrected chi connectivity index (χ4v) is 3.28. The van der Waals surface area contributed by atoms with Crippen molar-refractivity contribution in [3.05, 3.63) is 87.9 Å². The molecule has 0 unspecified atom stereocenters. The maximum atomic E-state index is 13.1. The third-order valence-electron chi connectivity index (χ3n) is 4.94. The fourth-order valence-electron chi connectivity index (χ4n) is 3.28. The number of carbonyl (C=O) groups is 1. The van der Waals surface area contributed by atoms with Crippen molar-refractivity contribution in [2.75, 3.05) is 0 Å². The molecule has 150 valence electrons. The van der Waals surface area contributed by atoms with Crippen LogP contribution in [0.1, 0.15) is 21.7 Å². The highest BCUT2D eigenvalue weighted by molar-refractivity contribution is 6.01. The summed E-state index contributed by atoms with van der Waals surface area (Å²) < 4.78 is 15.2. The van der Waals surface area contributed by atoms with Crippen molar-refractivity contribution in [2.45, 2.75) is 6.92 Å². The van der Waals surface area contributed by atoms with Gasteiger partial charge in [-0.05, 0) is 43.3 Å². The number of para-hydroxylation sites is 1. The van der Waals surface area contributed by atoms with Gasteiger partial charge in [-0.25, -0.2) is 14.6 Å². The molecule has 0 bridgehead atoms. The molecule has 2 heterocycles. The highest BCUT2D eigenvalue weighted by Crippen LogP contribution is 2.23. The lowest BCUT2D eigenvalue weighted by molar-refractivity contribution is 0.0949. The number of hydrogen-bond donors (Lipinski definition) is 2. The number of amides is 1. The molecule has 2 N–H and O–H groups in total. The number of aromatic amines is 1. The SMILES string of the molecule is Cc1c(/C=N/NC(=O)c2cc(-c3ccc(F)cc3)nc(=O)[nH]2)c2ccccc2n1C. The van der Waals surface area contributed by atoms with Gasteiger partial charge in [0.15, 0.2) is 0 Å². The van der Waals surface area contributed by atoms with Gasteiger partial charge in [0.1, 0.15) is 11.5 Å². The summed E-state index contributed by atoms with van der Waals surface area (Å²) in [7, 11) is 1.96. The molecule has 0 radical (unpaired) electrons. The van der Waals surface area contributed by atoms with Crippen LogP contribution in [0.3, 0.4) is 0 Å². The second kappa shape index (κ2) is 7.75. The summed E-state index contributed by atoms with van der Waals surface area (Å²) in [6.45, 7) is 1.97. The van der Waals surface area contributed by atoms with E-state index in [9.17, 15) is 14.0 Å². The largest absolute Gasteiger partial charge is 0.347 e. The quantitative estimate of drug-likeness (QED) is 0.405. The number of H-pyrrole nitrogens is 1. The van der Waals surface area contributed by atoms with Crippen molar-refractivity contribution in [1.82, 2.24) is 20.0 Å². The van der Waals surface area contributed by atoms with E-state index in [-0.39, 0.29) is 11.4 Å². The number of nitrogens with zero attached hydrogens (tertiary/aromatic N) is 3. The summed E-state index contributed by atoms with van der Waals surface area (Å²) in [4.78, 5) is 30.6. The van der Waals surface area contributed by atoms with Gasteiger partial charge in [-0.1, -0.05) is 18.2 Å². The zero-order valence-electron chi connectivity index (χ0n) is 16.3. The molecule has 0 aliphatic heterocycles. The molecule has 4 rings (SSSR count). The van der Waals surface area contributed by atoms with Crippen molar-refractivity contribution in [2.24, 2.45) is 12.1 Å². The number of hydrazone groups is 1. The lowest BCUT2D eigenvalue weighted by Crippen LogP contribution is -2.24. The first-order valence-electron chi connectivity index (χ1n) is 9.19. The van der Waals surface area contributed by atoms with E-state index < -0.39 is 17.4 Å². The van der Waals surface area contributed by atoms with Crippen LogP contribution in [0, 0.1) is 12.7 Å². The van der Waals surface area contributed by atoms with Gasteiger partial charge in [-0.3, -0.25) is 4.79 Å². The number of carbonyl (C=O) groups excluding carboxylic acids is 1. The standard InChI is InChI=1S/C22H18FN5O2/c1-13-17(16-5-3-4-6-20(16)28(13)2)12-24-27-21(29)19-11-18(25-22(30)26-19)14-7-9-15(23)10-8-14/h3-12H,1-2H3,(H,27,29)(H,25,26,30)/b24-12+. The molecule has 1 amide bonds. The van der Waals surface area contributed by atoms with Crippen LogP contribution in [0.25, 0.3) is 22.2 Å². The Morgan fingerprint density at radius 1 is 1.20 bits per heavy atom. The van der Waals surface area contributed by atoms with Gasteiger partial charge in [0, 0.05) is 34.8 Å². The fraction of sp³-hybridized carbons (Fsp3) is 0.0909. The van der Waals surface area contributed by atoms with E-state index in [4.69, 9.17) is 0 Å². The lowest BCUT2D eigenvalue weighted by Gasteiger charge is -2.04. The molecule has 0 atom stereocenters. The predicted molar refractivity (Wildman–Crippen MR) is 113 cm³/mol. The Labute approximate surface area is 170 Å². The Morgan fingerprint density at radius 3 is 2.70 bits per heavy atom. The monoisotopic (exact) mass is 403 g/mol. The highest BCUT2D eigenvalue weighted by atomic mass is 19.1. The first-order chi connectivity index (χ1) is 14.4. The Kier molecular flexibility index (Phi) is 4.97. The summed E-state index contributed by atoms with van der Waals surface area (Å²) in [5, 5.41) is 5.08. The first-order valence-corrected chi connectivity index (χ1v) is 9.19. The molecule has 0 fully saturated rings. The van der Waals surface area contributed by atoms with Crippen LogP contribution >= 0.6 is 0 Å². The molecular weight excluding hydrogens is 385 g/mol. The van der Waals surface area contributed by atoms with Crippen LogP contribution in [0.4, 0.5) is 4.39 Å². The van der Waals surface area contributed by atoms with Crippen molar-refractivity contribution >= 4 is 23.0 Å². The first kappa shape index (κ1) is 19.3. The second-order valence-corrected chi connectivity index (χ2v) is 6.77. The van der Waals surface area contributed by atoms with Gasteiger partial charge in [0.2, 0.25) is 0 Å². The number of nitrogens with one attached hydrogen (secondary N) is 2. The van der Waals surface area contributed by atoms with E-state index in [0.717, 1.165) is 22.2 Å². The zero-order valence-corrected chi connectivity index (χ0v) is 16.3. The van der Waals surface area contributed by atoms with Crippen molar-refractivity contribution in [3.8, 4) is 11.3 Å². The molecule has 0 saturated heterocycles. The topological polar surface area (TPSA) is 92.1 Å². The van der Waals surface area contributed by atoms with Gasteiger partial charge in [-0.15, -0.1) is 0 Å². The molecular formula is C22H18FN5O2. The number of aromatic nitrogens is 3. The van der Waals surface area contributed by atoms with Crippen LogP contribution in [0.5, 0.6) is 0 Å². The molecule has 2 aromatic carbocycles. The normalized spacial score (nSPS) is 11.3. The van der Waals surface area contributed by atoms with Gasteiger partial charge in [-0.2, -0.15) is 10.1 Å². The third-order valence-corrected chi connectivity index (χ3v) is 4.94. The molecule has 7 nitrogen and oxygen atoms in total. The number of aryl methyl sites for hydroxylation is 1. The number of hydrogen-bond acceptors (Lipinski definition) is 4. The molecule has 4 aromatic rings. The van der Waals surface area contributed by atoms with Crippen molar-refractivity contribution < 1.29 is 9.18 Å². The minimum atomic E-state index is -0.684. The minimum Gasteiger partial charge on any atom is -0.347 e. The van der Waals surface area contributed by atoms with E-state index >= 15 is 0 Å². The van der Waals surface area contributed by atoms with Crippen molar-refractivity contribution in [3.63, 3.8) is 0 Å². The average Bonchev–Trinajstić information content (AvgIpc) is 2.99. The molecule has 0 aliphatic rings. The van der Waals surface area contributed by atoms with Crippen LogP contribution in [-0.2, 0) is 7.05 Å². The van der Waals surface area contributed by atoms with Crippen LogP contribution < -0.4 is 11.1 Å². The molecule has 8 heteroatoms. The number of rotatable bonds is 4. The number of halogens is 1. The van der Waals surface area contributed by atoms with Crippen LogP contribution in [0.15, 0.2) is 64.5 Å². The Balaban J connectivity index is 1.59. The van der Waals surface area contributed by atoms with E-state index in [1.54, 1.807) is 6.21 Å². The maximum absolute atomic E-state index is 13.1. The van der Waals surface area contributed by atoms with Gasteiger partial charge < -0.3 is 9.55 Å². The van der Waals surface area contributed by atoms with Crippen LogP contribution in [-0.4, -0.2) is 26.7 Å².